The summed E-state index contributed by atoms with van der Waals surface area (Å²) >= 11 is 1.45. The van der Waals surface area contributed by atoms with Gasteiger partial charge in [-0.1, -0.05) is 30.3 Å². The van der Waals surface area contributed by atoms with E-state index in [-0.39, 0.29) is 12.8 Å². The topological polar surface area (TPSA) is 197 Å². The number of nitrogens with one attached hydrogen (secondary N) is 3. The molecule has 0 aliphatic heterocycles. The number of aliphatic hydroxyl groups is 1. The van der Waals surface area contributed by atoms with Crippen molar-refractivity contribution in [1.82, 2.24) is 16.0 Å². The van der Waals surface area contributed by atoms with Crippen LogP contribution in [0, 0.1) is 0 Å². The monoisotopic (exact) mass is 511 g/mol. The Labute approximate surface area is 209 Å². The molecular formula is C23H37N5O6S. The summed E-state index contributed by atoms with van der Waals surface area (Å²) in [5, 5.41) is 25.8. The van der Waals surface area contributed by atoms with E-state index in [9.17, 15) is 24.3 Å². The molecular weight excluding hydrogens is 474 g/mol. The number of aliphatic hydroxyl groups excluding tert-OH is 1. The fourth-order valence-electron chi connectivity index (χ4n) is 3.24. The Kier molecular flexibility index (Phi) is 14.6. The number of hydrogen-bond acceptors (Lipinski definition) is 8. The molecule has 0 aromatic heterocycles. The van der Waals surface area contributed by atoms with E-state index in [1.165, 1.54) is 11.8 Å². The van der Waals surface area contributed by atoms with Crippen LogP contribution in [0.2, 0.25) is 0 Å². The van der Waals surface area contributed by atoms with Crippen LogP contribution in [0.15, 0.2) is 30.3 Å². The Hall–Kier alpha value is -2.67. The predicted octanol–water partition coefficient (Wildman–Crippen LogP) is -1.03. The van der Waals surface area contributed by atoms with Crippen molar-refractivity contribution in [3.8, 4) is 0 Å². The first-order valence-electron chi connectivity index (χ1n) is 11.5. The minimum Gasteiger partial charge on any atom is -0.480 e. The third-order valence-electron chi connectivity index (χ3n) is 5.26. The summed E-state index contributed by atoms with van der Waals surface area (Å²) in [7, 11) is 0. The van der Waals surface area contributed by atoms with Gasteiger partial charge in [0.2, 0.25) is 17.7 Å². The number of rotatable bonds is 17. The van der Waals surface area contributed by atoms with Crippen LogP contribution in [-0.2, 0) is 25.6 Å². The van der Waals surface area contributed by atoms with Crippen molar-refractivity contribution >= 4 is 35.5 Å². The minimum atomic E-state index is -1.49. The Morgan fingerprint density at radius 3 is 2.03 bits per heavy atom. The molecule has 0 heterocycles. The van der Waals surface area contributed by atoms with E-state index in [2.05, 4.69) is 16.0 Å². The number of amides is 3. The number of thioether (sulfide) groups is 1. The van der Waals surface area contributed by atoms with E-state index in [0.29, 0.717) is 31.6 Å². The van der Waals surface area contributed by atoms with Crippen LogP contribution < -0.4 is 27.4 Å². The highest BCUT2D eigenvalue weighted by atomic mass is 32.2. The molecule has 196 valence electrons. The molecule has 4 atom stereocenters. The van der Waals surface area contributed by atoms with Gasteiger partial charge in [-0.25, -0.2) is 4.79 Å². The second kappa shape index (κ2) is 16.9. The van der Waals surface area contributed by atoms with Crippen LogP contribution in [0.1, 0.15) is 31.2 Å². The molecule has 1 aromatic carbocycles. The third-order valence-corrected chi connectivity index (χ3v) is 5.90. The molecule has 0 aliphatic rings. The van der Waals surface area contributed by atoms with Gasteiger partial charge in [0.25, 0.3) is 0 Å². The normalized spacial score (nSPS) is 14.3. The summed E-state index contributed by atoms with van der Waals surface area (Å²) in [6.07, 6.45) is 3.85. The van der Waals surface area contributed by atoms with E-state index in [0.717, 1.165) is 5.56 Å². The van der Waals surface area contributed by atoms with Crippen molar-refractivity contribution in [2.24, 2.45) is 11.5 Å². The quantitative estimate of drug-likeness (QED) is 0.128. The minimum absolute atomic E-state index is 0.230. The van der Waals surface area contributed by atoms with Gasteiger partial charge in [0.1, 0.15) is 18.1 Å². The molecule has 1 aromatic rings. The lowest BCUT2D eigenvalue weighted by atomic mass is 10.0. The van der Waals surface area contributed by atoms with E-state index < -0.39 is 54.5 Å². The van der Waals surface area contributed by atoms with Crippen molar-refractivity contribution in [3.05, 3.63) is 35.9 Å². The van der Waals surface area contributed by atoms with Gasteiger partial charge in [-0.15, -0.1) is 0 Å². The lowest BCUT2D eigenvalue weighted by Crippen LogP contribution is -2.57. The fraction of sp³-hybridized carbons (Fsp3) is 0.565. The Morgan fingerprint density at radius 1 is 0.914 bits per heavy atom. The maximum absolute atomic E-state index is 13.1. The average molecular weight is 512 g/mol. The molecule has 4 unspecified atom stereocenters. The first kappa shape index (κ1) is 30.4. The highest BCUT2D eigenvalue weighted by molar-refractivity contribution is 7.98. The van der Waals surface area contributed by atoms with Gasteiger partial charge >= 0.3 is 5.97 Å². The number of aliphatic carboxylic acids is 1. The number of carbonyl (C=O) groups is 4. The number of hydrogen-bond donors (Lipinski definition) is 7. The molecule has 0 radical (unpaired) electrons. The first-order chi connectivity index (χ1) is 16.7. The molecule has 0 saturated carbocycles. The van der Waals surface area contributed by atoms with Gasteiger partial charge < -0.3 is 37.6 Å². The Bertz CT molecular complexity index is 813. The van der Waals surface area contributed by atoms with Crippen LogP contribution in [0.4, 0.5) is 0 Å². The zero-order valence-corrected chi connectivity index (χ0v) is 20.8. The number of nitrogens with two attached hydrogens (primary N) is 2. The van der Waals surface area contributed by atoms with Crippen LogP contribution in [0.25, 0.3) is 0 Å². The molecule has 0 spiro atoms. The third kappa shape index (κ3) is 11.5. The summed E-state index contributed by atoms with van der Waals surface area (Å²) in [5.74, 6) is -2.70. The largest absolute Gasteiger partial charge is 0.480 e. The van der Waals surface area contributed by atoms with Crippen LogP contribution in [0.3, 0.4) is 0 Å². The molecule has 9 N–H and O–H groups in total. The first-order valence-corrected chi connectivity index (χ1v) is 12.9. The van der Waals surface area contributed by atoms with Crippen molar-refractivity contribution < 1.29 is 29.4 Å². The average Bonchev–Trinajstić information content (AvgIpc) is 2.84. The number of benzene rings is 1. The van der Waals surface area contributed by atoms with Crippen LogP contribution >= 0.6 is 11.8 Å². The van der Waals surface area contributed by atoms with Crippen LogP contribution in [0.5, 0.6) is 0 Å². The number of carboxylic acids is 1. The van der Waals surface area contributed by atoms with E-state index in [1.54, 1.807) is 0 Å². The smallest absolute Gasteiger partial charge is 0.328 e. The van der Waals surface area contributed by atoms with E-state index in [1.807, 2.05) is 36.6 Å². The lowest BCUT2D eigenvalue weighted by molar-refractivity contribution is -0.143. The van der Waals surface area contributed by atoms with Gasteiger partial charge in [-0.2, -0.15) is 11.8 Å². The van der Waals surface area contributed by atoms with Gasteiger partial charge in [0.05, 0.1) is 12.6 Å². The Morgan fingerprint density at radius 2 is 1.49 bits per heavy atom. The maximum Gasteiger partial charge on any atom is 0.328 e. The van der Waals surface area contributed by atoms with Crippen LogP contribution in [-0.4, -0.2) is 83.2 Å². The summed E-state index contributed by atoms with van der Waals surface area (Å²) in [5.41, 5.74) is 12.5. The van der Waals surface area contributed by atoms with Gasteiger partial charge in [-0.05, 0) is 56.2 Å². The van der Waals surface area contributed by atoms with Gasteiger partial charge in [-0.3, -0.25) is 14.4 Å². The molecule has 0 saturated heterocycles. The highest BCUT2D eigenvalue weighted by Crippen LogP contribution is 2.07. The molecule has 3 amide bonds. The fourth-order valence-corrected chi connectivity index (χ4v) is 3.71. The molecule has 12 heteroatoms. The Balaban J connectivity index is 2.91. The SMILES string of the molecule is CSCCC(NC(=O)C(CCCCN)NC(=O)C(N)Cc1ccccc1)C(=O)NC(CO)C(=O)O. The van der Waals surface area contributed by atoms with Crippen molar-refractivity contribution in [2.75, 3.05) is 25.2 Å². The molecule has 0 bridgehead atoms. The molecule has 0 fully saturated rings. The van der Waals surface area contributed by atoms with E-state index in [4.69, 9.17) is 16.6 Å². The van der Waals surface area contributed by atoms with E-state index >= 15 is 0 Å². The summed E-state index contributed by atoms with van der Waals surface area (Å²) in [6.45, 7) is -0.367. The highest BCUT2D eigenvalue weighted by Gasteiger charge is 2.29. The molecule has 1 rings (SSSR count). The zero-order chi connectivity index (χ0) is 26.2. The second-order valence-corrected chi connectivity index (χ2v) is 9.05. The van der Waals surface area contributed by atoms with Gasteiger partial charge in [0.15, 0.2) is 0 Å². The standard InChI is InChI=1S/C23H37N5O6S/c1-35-12-10-18(22(32)28-19(14-29)23(33)34)27-21(31)17(9-5-6-11-24)26-20(30)16(25)13-15-7-3-2-4-8-15/h2-4,7-8,16-19,29H,5-6,9-14,24-25H2,1H3,(H,26,30)(H,27,31)(H,28,32)(H,33,34). The van der Waals surface area contributed by atoms with Crippen molar-refractivity contribution in [3.63, 3.8) is 0 Å². The molecule has 0 aliphatic carbocycles. The zero-order valence-electron chi connectivity index (χ0n) is 19.9. The lowest BCUT2D eigenvalue weighted by Gasteiger charge is -2.25. The van der Waals surface area contributed by atoms with Crippen molar-refractivity contribution in [2.45, 2.75) is 56.3 Å². The van der Waals surface area contributed by atoms with Crippen molar-refractivity contribution in [1.29, 1.82) is 0 Å². The molecule has 11 nitrogen and oxygen atoms in total. The summed E-state index contributed by atoms with van der Waals surface area (Å²) in [4.78, 5) is 49.6. The summed E-state index contributed by atoms with van der Waals surface area (Å²) < 4.78 is 0. The number of carboxylic acid groups (broad SMARTS) is 1. The summed E-state index contributed by atoms with van der Waals surface area (Å²) in [6, 6.07) is 4.88. The number of carbonyl (C=O) groups excluding carboxylic acids is 3. The number of unbranched alkanes of at least 4 members (excludes halogenated alkanes) is 1. The van der Waals surface area contributed by atoms with Gasteiger partial charge in [0, 0.05) is 0 Å². The molecule has 35 heavy (non-hydrogen) atoms. The maximum atomic E-state index is 13.1. The second-order valence-electron chi connectivity index (χ2n) is 8.07. The predicted molar refractivity (Wildman–Crippen MR) is 135 cm³/mol.